The van der Waals surface area contributed by atoms with E-state index >= 15 is 0 Å². The number of aromatic nitrogens is 1. The van der Waals surface area contributed by atoms with E-state index in [0.717, 1.165) is 26.2 Å². The summed E-state index contributed by atoms with van der Waals surface area (Å²) in [7, 11) is -0.649. The lowest BCUT2D eigenvalue weighted by molar-refractivity contribution is -0.115. The Bertz CT molecular complexity index is 1190. The fourth-order valence-corrected chi connectivity index (χ4v) is 4.68. The monoisotopic (exact) mass is 459 g/mol. The number of ether oxygens (including phenoxy) is 1. The van der Waals surface area contributed by atoms with Crippen molar-refractivity contribution in [2.24, 2.45) is 0 Å². The molecule has 0 aliphatic rings. The number of hydrogen-bond donors (Lipinski definition) is 1. The first kappa shape index (κ1) is 22.9. The van der Waals surface area contributed by atoms with Crippen molar-refractivity contribution >= 4 is 33.0 Å². The Hall–Kier alpha value is -2.75. The van der Waals surface area contributed by atoms with Gasteiger partial charge in [0.05, 0.1) is 29.2 Å². The highest BCUT2D eigenvalue weighted by Crippen LogP contribution is 2.32. The van der Waals surface area contributed by atoms with E-state index in [9.17, 15) is 13.2 Å². The van der Waals surface area contributed by atoms with Crippen molar-refractivity contribution in [2.75, 3.05) is 26.0 Å². The first-order chi connectivity index (χ1) is 14.7. The standard InChI is InChI=1S/C22H25N3O4S2/c1-5-29-20-9-7-6-8-18(20)22-23-16(14-30-22)12-21(26)24-19-13-17(11-10-15(19)2)31(27,28)25(3)4/h6-11,13-14H,5,12H2,1-4H3,(H,24,26). The third-order valence-corrected chi connectivity index (χ3v) is 7.31. The van der Waals surface area contributed by atoms with Gasteiger partial charge >= 0.3 is 0 Å². The zero-order chi connectivity index (χ0) is 22.6. The van der Waals surface area contributed by atoms with E-state index < -0.39 is 10.0 Å². The third kappa shape index (κ3) is 5.30. The summed E-state index contributed by atoms with van der Waals surface area (Å²) in [4.78, 5) is 17.3. The van der Waals surface area contributed by atoms with Crippen LogP contribution in [0.3, 0.4) is 0 Å². The molecule has 0 aliphatic heterocycles. The molecule has 3 aromatic rings. The van der Waals surface area contributed by atoms with Gasteiger partial charge < -0.3 is 10.1 Å². The maximum Gasteiger partial charge on any atom is 0.242 e. The van der Waals surface area contributed by atoms with Gasteiger partial charge in [-0.1, -0.05) is 18.2 Å². The summed E-state index contributed by atoms with van der Waals surface area (Å²) >= 11 is 1.45. The van der Waals surface area contributed by atoms with E-state index in [4.69, 9.17) is 4.74 Å². The van der Waals surface area contributed by atoms with Crippen LogP contribution in [0.2, 0.25) is 0 Å². The number of rotatable bonds is 8. The summed E-state index contributed by atoms with van der Waals surface area (Å²) in [6.45, 7) is 4.29. The molecule has 31 heavy (non-hydrogen) atoms. The molecule has 0 atom stereocenters. The van der Waals surface area contributed by atoms with Crippen LogP contribution in [-0.2, 0) is 21.2 Å². The topological polar surface area (TPSA) is 88.6 Å². The van der Waals surface area contributed by atoms with E-state index in [2.05, 4.69) is 10.3 Å². The first-order valence-electron chi connectivity index (χ1n) is 9.72. The van der Waals surface area contributed by atoms with Crippen LogP contribution in [0.5, 0.6) is 5.75 Å². The highest BCUT2D eigenvalue weighted by Gasteiger charge is 2.19. The highest BCUT2D eigenvalue weighted by molar-refractivity contribution is 7.89. The van der Waals surface area contributed by atoms with Crippen LogP contribution >= 0.6 is 11.3 Å². The lowest BCUT2D eigenvalue weighted by Gasteiger charge is -2.14. The smallest absolute Gasteiger partial charge is 0.242 e. The number of nitrogens with one attached hydrogen (secondary N) is 1. The number of benzene rings is 2. The van der Waals surface area contributed by atoms with Crippen molar-refractivity contribution in [3.63, 3.8) is 0 Å². The average molecular weight is 460 g/mol. The van der Waals surface area contributed by atoms with Crippen molar-refractivity contribution in [3.05, 3.63) is 59.1 Å². The molecule has 7 nitrogen and oxygen atoms in total. The number of carbonyl (C=O) groups is 1. The second kappa shape index (κ2) is 9.59. The summed E-state index contributed by atoms with van der Waals surface area (Å²) in [5.74, 6) is 0.488. The number of amides is 1. The number of para-hydroxylation sites is 1. The molecule has 1 aromatic heterocycles. The zero-order valence-electron chi connectivity index (χ0n) is 17.9. The number of thiazole rings is 1. The van der Waals surface area contributed by atoms with Gasteiger partial charge in [-0.15, -0.1) is 11.3 Å². The summed E-state index contributed by atoms with van der Waals surface area (Å²) in [5, 5.41) is 5.43. The fourth-order valence-electron chi connectivity index (χ4n) is 2.90. The molecular weight excluding hydrogens is 434 g/mol. The second-order valence-corrected chi connectivity index (χ2v) is 10.1. The van der Waals surface area contributed by atoms with Crippen molar-refractivity contribution in [2.45, 2.75) is 25.2 Å². The number of anilines is 1. The van der Waals surface area contributed by atoms with E-state index in [0.29, 0.717) is 18.0 Å². The predicted molar refractivity (Wildman–Crippen MR) is 123 cm³/mol. The maximum atomic E-state index is 12.6. The predicted octanol–water partition coefficient (Wildman–Crippen LogP) is 3.95. The van der Waals surface area contributed by atoms with Crippen LogP contribution in [0, 0.1) is 6.92 Å². The summed E-state index contributed by atoms with van der Waals surface area (Å²) < 4.78 is 31.6. The van der Waals surface area contributed by atoms with Crippen LogP contribution in [0.25, 0.3) is 10.6 Å². The molecule has 1 amide bonds. The zero-order valence-corrected chi connectivity index (χ0v) is 19.5. The SMILES string of the molecule is CCOc1ccccc1-c1nc(CC(=O)Nc2cc(S(=O)(=O)N(C)C)ccc2C)cs1. The minimum absolute atomic E-state index is 0.0808. The Morgan fingerprint density at radius 3 is 2.65 bits per heavy atom. The van der Waals surface area contributed by atoms with E-state index in [1.165, 1.54) is 37.6 Å². The lowest BCUT2D eigenvalue weighted by atomic mass is 10.2. The highest BCUT2D eigenvalue weighted by atomic mass is 32.2. The molecule has 0 radical (unpaired) electrons. The Morgan fingerprint density at radius 2 is 1.94 bits per heavy atom. The molecule has 0 saturated carbocycles. The number of nitrogens with zero attached hydrogens (tertiary/aromatic N) is 2. The van der Waals surface area contributed by atoms with Crippen LogP contribution < -0.4 is 10.1 Å². The number of sulfonamides is 1. The van der Waals surface area contributed by atoms with Crippen molar-refractivity contribution < 1.29 is 17.9 Å². The summed E-state index contributed by atoms with van der Waals surface area (Å²) in [6, 6.07) is 12.3. The second-order valence-electron chi connectivity index (χ2n) is 7.06. The van der Waals surface area contributed by atoms with Crippen molar-refractivity contribution in [1.82, 2.24) is 9.29 Å². The van der Waals surface area contributed by atoms with Gasteiger partial charge in [-0.2, -0.15) is 0 Å². The molecule has 164 valence electrons. The van der Waals surface area contributed by atoms with Gasteiger partial charge in [0, 0.05) is 25.2 Å². The van der Waals surface area contributed by atoms with E-state index in [-0.39, 0.29) is 17.2 Å². The molecule has 0 aliphatic carbocycles. The van der Waals surface area contributed by atoms with Crippen LogP contribution in [0.1, 0.15) is 18.2 Å². The first-order valence-corrected chi connectivity index (χ1v) is 12.0. The molecule has 2 aromatic carbocycles. The van der Waals surface area contributed by atoms with Gasteiger partial charge in [-0.25, -0.2) is 17.7 Å². The van der Waals surface area contributed by atoms with Gasteiger partial charge in [0.2, 0.25) is 15.9 Å². The Kier molecular flexibility index (Phi) is 7.09. The third-order valence-electron chi connectivity index (χ3n) is 4.57. The molecular formula is C22H25N3O4S2. The lowest BCUT2D eigenvalue weighted by Crippen LogP contribution is -2.22. The maximum absolute atomic E-state index is 12.6. The summed E-state index contributed by atoms with van der Waals surface area (Å²) in [6.07, 6.45) is 0.0808. The molecule has 1 N–H and O–H groups in total. The van der Waals surface area contributed by atoms with Gasteiger partial charge in [-0.05, 0) is 43.7 Å². The molecule has 0 fully saturated rings. The number of aryl methyl sites for hydroxylation is 1. The van der Waals surface area contributed by atoms with Crippen LogP contribution in [-0.4, -0.2) is 44.3 Å². The average Bonchev–Trinajstić information content (AvgIpc) is 3.18. The molecule has 1 heterocycles. The van der Waals surface area contributed by atoms with Gasteiger partial charge in [-0.3, -0.25) is 4.79 Å². The van der Waals surface area contributed by atoms with Crippen LogP contribution in [0.15, 0.2) is 52.7 Å². The fraction of sp³-hybridized carbons (Fsp3) is 0.273. The molecule has 0 unspecified atom stereocenters. The number of carbonyl (C=O) groups excluding carboxylic acids is 1. The summed E-state index contributed by atoms with van der Waals surface area (Å²) in [5.41, 5.74) is 2.76. The largest absolute Gasteiger partial charge is 0.493 e. The van der Waals surface area contributed by atoms with E-state index in [1.54, 1.807) is 6.07 Å². The van der Waals surface area contributed by atoms with Gasteiger partial charge in [0.25, 0.3) is 0 Å². The Morgan fingerprint density at radius 1 is 1.19 bits per heavy atom. The molecule has 0 spiro atoms. The Balaban J connectivity index is 1.76. The minimum atomic E-state index is -3.59. The minimum Gasteiger partial charge on any atom is -0.493 e. The normalized spacial score (nSPS) is 11.5. The molecule has 9 heteroatoms. The van der Waals surface area contributed by atoms with Gasteiger partial charge in [0.1, 0.15) is 10.8 Å². The molecule has 3 rings (SSSR count). The number of hydrogen-bond acceptors (Lipinski definition) is 6. The van der Waals surface area contributed by atoms with Gasteiger partial charge in [0.15, 0.2) is 0 Å². The van der Waals surface area contributed by atoms with Crippen molar-refractivity contribution in [1.29, 1.82) is 0 Å². The molecule has 0 bridgehead atoms. The Labute approximate surface area is 186 Å². The van der Waals surface area contributed by atoms with Crippen molar-refractivity contribution in [3.8, 4) is 16.3 Å². The van der Waals surface area contributed by atoms with E-state index in [1.807, 2.05) is 43.5 Å². The van der Waals surface area contributed by atoms with Crippen LogP contribution in [0.4, 0.5) is 5.69 Å². The quantitative estimate of drug-likeness (QED) is 0.551. The molecule has 0 saturated heterocycles.